The van der Waals surface area contributed by atoms with Gasteiger partial charge in [0.05, 0.1) is 23.3 Å². The number of aliphatic carboxylic acids is 1. The highest BCUT2D eigenvalue weighted by Gasteiger charge is 2.30. The van der Waals surface area contributed by atoms with E-state index in [0.717, 1.165) is 22.3 Å². The fourth-order valence-electron chi connectivity index (χ4n) is 3.88. The van der Waals surface area contributed by atoms with Gasteiger partial charge in [-0.15, -0.1) is 0 Å². The number of hydrogen-bond donors (Lipinski definition) is 3. The van der Waals surface area contributed by atoms with Crippen LogP contribution >= 0.6 is 11.6 Å². The summed E-state index contributed by atoms with van der Waals surface area (Å²) in [6, 6.07) is 15.9. The predicted octanol–water partition coefficient (Wildman–Crippen LogP) is 4.06. The van der Waals surface area contributed by atoms with E-state index in [1.807, 2.05) is 48.5 Å². The largest absolute Gasteiger partial charge is 0.481 e. The van der Waals surface area contributed by atoms with Gasteiger partial charge < -0.3 is 20.5 Å². The number of rotatable bonds is 7. The molecular formula is C24H20ClN3O5. The number of fused-ring (bicyclic) bond motifs is 3. The number of aromatic nitrogens is 1. The van der Waals surface area contributed by atoms with Crippen molar-refractivity contribution < 1.29 is 24.2 Å². The van der Waals surface area contributed by atoms with Gasteiger partial charge in [-0.25, -0.2) is 4.79 Å². The third-order valence-electron chi connectivity index (χ3n) is 5.30. The van der Waals surface area contributed by atoms with E-state index in [1.54, 1.807) is 0 Å². The molecule has 0 radical (unpaired) electrons. The summed E-state index contributed by atoms with van der Waals surface area (Å²) in [5, 5.41) is 14.3. The summed E-state index contributed by atoms with van der Waals surface area (Å²) >= 11 is 5.85. The predicted molar refractivity (Wildman–Crippen MR) is 122 cm³/mol. The van der Waals surface area contributed by atoms with Crippen LogP contribution in [-0.2, 0) is 14.3 Å². The zero-order chi connectivity index (χ0) is 23.4. The van der Waals surface area contributed by atoms with E-state index in [-0.39, 0.29) is 18.2 Å². The number of nitrogens with one attached hydrogen (secondary N) is 2. The van der Waals surface area contributed by atoms with E-state index in [9.17, 15) is 19.5 Å². The molecule has 0 saturated carbocycles. The highest BCUT2D eigenvalue weighted by atomic mass is 35.5. The van der Waals surface area contributed by atoms with Gasteiger partial charge in [0.25, 0.3) is 0 Å². The molecule has 0 saturated heterocycles. The smallest absolute Gasteiger partial charge is 0.407 e. The Balaban J connectivity index is 1.43. The number of carboxylic acid groups (broad SMARTS) is 1. The highest BCUT2D eigenvalue weighted by Crippen LogP contribution is 2.44. The molecule has 9 heteroatoms. The van der Waals surface area contributed by atoms with E-state index in [0.29, 0.717) is 5.02 Å². The molecule has 0 aliphatic heterocycles. The average molecular weight is 466 g/mol. The topological polar surface area (TPSA) is 118 Å². The Kier molecular flexibility index (Phi) is 6.55. The minimum Gasteiger partial charge on any atom is -0.481 e. The zero-order valence-corrected chi connectivity index (χ0v) is 18.1. The lowest BCUT2D eigenvalue weighted by molar-refractivity contribution is -0.139. The number of hydrogen-bond acceptors (Lipinski definition) is 5. The first-order valence-corrected chi connectivity index (χ1v) is 10.5. The van der Waals surface area contributed by atoms with Crippen LogP contribution in [0.5, 0.6) is 0 Å². The summed E-state index contributed by atoms with van der Waals surface area (Å²) in [5.41, 5.74) is 4.53. The maximum atomic E-state index is 12.6. The lowest BCUT2D eigenvalue weighted by Gasteiger charge is -2.18. The van der Waals surface area contributed by atoms with Gasteiger partial charge in [-0.1, -0.05) is 60.1 Å². The van der Waals surface area contributed by atoms with Crippen molar-refractivity contribution in [1.29, 1.82) is 0 Å². The quantitative estimate of drug-likeness (QED) is 0.484. The molecule has 8 nitrogen and oxygen atoms in total. The van der Waals surface area contributed by atoms with E-state index < -0.39 is 30.4 Å². The second-order valence-corrected chi connectivity index (χ2v) is 7.94. The molecule has 0 bridgehead atoms. The van der Waals surface area contributed by atoms with Crippen molar-refractivity contribution in [2.45, 2.75) is 18.4 Å². The summed E-state index contributed by atoms with van der Waals surface area (Å²) in [6.45, 7) is 0.0412. The molecule has 1 aliphatic rings. The van der Waals surface area contributed by atoms with Crippen molar-refractivity contribution >= 4 is 35.3 Å². The number of carbonyl (C=O) groups excluding carboxylic acids is 2. The molecule has 0 fully saturated rings. The van der Waals surface area contributed by atoms with Crippen LogP contribution in [0.2, 0.25) is 5.02 Å². The Morgan fingerprint density at radius 1 is 1.03 bits per heavy atom. The minimum atomic E-state index is -1.35. The molecule has 4 rings (SSSR count). The first kappa shape index (κ1) is 22.3. The zero-order valence-electron chi connectivity index (χ0n) is 17.3. The fourth-order valence-corrected chi connectivity index (χ4v) is 4.05. The number of carboxylic acids is 1. The Hall–Kier alpha value is -3.91. The average Bonchev–Trinajstić information content (AvgIpc) is 3.11. The van der Waals surface area contributed by atoms with E-state index in [1.165, 1.54) is 18.5 Å². The van der Waals surface area contributed by atoms with Crippen LogP contribution in [0.25, 0.3) is 11.1 Å². The molecule has 1 unspecified atom stereocenters. The van der Waals surface area contributed by atoms with E-state index in [2.05, 4.69) is 15.6 Å². The number of halogens is 1. The second-order valence-electron chi connectivity index (χ2n) is 7.50. The van der Waals surface area contributed by atoms with Crippen molar-refractivity contribution in [3.8, 4) is 11.1 Å². The van der Waals surface area contributed by atoms with Crippen LogP contribution in [0.15, 0.2) is 67.0 Å². The molecule has 1 heterocycles. The van der Waals surface area contributed by atoms with Gasteiger partial charge in [0.2, 0.25) is 5.91 Å². The van der Waals surface area contributed by atoms with Gasteiger partial charge in [0.1, 0.15) is 12.6 Å². The molecular weight excluding hydrogens is 446 g/mol. The summed E-state index contributed by atoms with van der Waals surface area (Å²) in [7, 11) is 0. The van der Waals surface area contributed by atoms with Crippen molar-refractivity contribution in [3.05, 3.63) is 83.1 Å². The molecule has 168 valence electrons. The normalized spacial score (nSPS) is 12.9. The minimum absolute atomic E-state index is 0.0412. The first-order valence-electron chi connectivity index (χ1n) is 10.2. The second kappa shape index (κ2) is 9.70. The molecule has 1 aromatic heterocycles. The number of alkyl carbamates (subject to hydrolysis) is 1. The summed E-state index contributed by atoms with van der Waals surface area (Å²) in [6.07, 6.45) is 1.24. The van der Waals surface area contributed by atoms with Gasteiger partial charge in [0.15, 0.2) is 0 Å². The highest BCUT2D eigenvalue weighted by molar-refractivity contribution is 6.30. The Bertz CT molecular complexity index is 1170. The van der Waals surface area contributed by atoms with Gasteiger partial charge in [-0.3, -0.25) is 14.6 Å². The Morgan fingerprint density at radius 3 is 2.27 bits per heavy atom. The number of carbonyl (C=O) groups is 3. The fraction of sp³-hybridized carbons (Fsp3) is 0.167. The SMILES string of the molecule is O=C(O)CC(NC(=O)OCC1c2ccccc2-c2ccccc21)C(=O)Nc1cncc(Cl)c1. The molecule has 0 spiro atoms. The summed E-state index contributed by atoms with van der Waals surface area (Å²) in [4.78, 5) is 40.1. The van der Waals surface area contributed by atoms with Gasteiger partial charge in [0, 0.05) is 12.1 Å². The van der Waals surface area contributed by atoms with Crippen LogP contribution in [0.1, 0.15) is 23.5 Å². The number of benzene rings is 2. The Labute approximate surface area is 194 Å². The lowest BCUT2D eigenvalue weighted by atomic mass is 9.98. The third kappa shape index (κ3) is 5.12. The maximum Gasteiger partial charge on any atom is 0.407 e. The molecule has 33 heavy (non-hydrogen) atoms. The Morgan fingerprint density at radius 2 is 1.67 bits per heavy atom. The van der Waals surface area contributed by atoms with Gasteiger partial charge >= 0.3 is 12.1 Å². The van der Waals surface area contributed by atoms with Crippen LogP contribution < -0.4 is 10.6 Å². The van der Waals surface area contributed by atoms with Crippen LogP contribution in [0.4, 0.5) is 10.5 Å². The third-order valence-corrected chi connectivity index (χ3v) is 5.51. The van der Waals surface area contributed by atoms with Gasteiger partial charge in [-0.05, 0) is 28.3 Å². The van der Waals surface area contributed by atoms with Crippen molar-refractivity contribution in [2.24, 2.45) is 0 Å². The lowest BCUT2D eigenvalue weighted by Crippen LogP contribution is -2.45. The van der Waals surface area contributed by atoms with Crippen molar-refractivity contribution in [2.75, 3.05) is 11.9 Å². The van der Waals surface area contributed by atoms with Gasteiger partial charge in [-0.2, -0.15) is 0 Å². The monoisotopic (exact) mass is 465 g/mol. The molecule has 1 atom stereocenters. The standard InChI is InChI=1S/C24H20ClN3O5/c25-14-9-15(12-26-11-14)27-23(31)21(10-22(29)30)28-24(32)33-13-20-18-7-3-1-5-16(18)17-6-2-4-8-19(17)20/h1-9,11-12,20-21H,10,13H2,(H,27,31)(H,28,32)(H,29,30). The van der Waals surface area contributed by atoms with E-state index in [4.69, 9.17) is 16.3 Å². The molecule has 2 amide bonds. The van der Waals surface area contributed by atoms with E-state index >= 15 is 0 Å². The number of amides is 2. The van der Waals surface area contributed by atoms with Crippen molar-refractivity contribution in [1.82, 2.24) is 10.3 Å². The van der Waals surface area contributed by atoms with Crippen LogP contribution in [0.3, 0.4) is 0 Å². The molecule has 3 aromatic rings. The summed E-state index contributed by atoms with van der Waals surface area (Å²) < 4.78 is 5.41. The first-order chi connectivity index (χ1) is 15.9. The number of pyridine rings is 1. The van der Waals surface area contributed by atoms with Crippen LogP contribution in [-0.4, -0.2) is 40.7 Å². The molecule has 3 N–H and O–H groups in total. The number of ether oxygens (including phenoxy) is 1. The molecule has 1 aliphatic carbocycles. The van der Waals surface area contributed by atoms with Crippen LogP contribution in [0, 0.1) is 0 Å². The summed E-state index contributed by atoms with van der Waals surface area (Å²) in [5.74, 6) is -2.14. The maximum absolute atomic E-state index is 12.6. The molecule has 2 aromatic carbocycles. The number of anilines is 1. The van der Waals surface area contributed by atoms with Crippen molar-refractivity contribution in [3.63, 3.8) is 0 Å². The number of nitrogens with zero attached hydrogens (tertiary/aromatic N) is 1.